The summed E-state index contributed by atoms with van der Waals surface area (Å²) in [4.78, 5) is 10.5. The summed E-state index contributed by atoms with van der Waals surface area (Å²) in [5.74, 6) is 0.913. The lowest BCUT2D eigenvalue weighted by molar-refractivity contribution is -0.136. The summed E-state index contributed by atoms with van der Waals surface area (Å²) >= 11 is 0. The van der Waals surface area contributed by atoms with Crippen LogP contribution in [0.15, 0.2) is 48.5 Å². The maximum Gasteiger partial charge on any atom is 0.303 e. The SMILES string of the molecule is COc1ccc(CCCOc2ccc(CCC(=O)O)cc2)cc1. The van der Waals surface area contributed by atoms with Crippen molar-refractivity contribution in [1.29, 1.82) is 0 Å². The molecule has 0 atom stereocenters. The monoisotopic (exact) mass is 314 g/mol. The Labute approximate surface area is 136 Å². The smallest absolute Gasteiger partial charge is 0.303 e. The Morgan fingerprint density at radius 3 is 2.04 bits per heavy atom. The lowest BCUT2D eigenvalue weighted by Crippen LogP contribution is -2.00. The van der Waals surface area contributed by atoms with E-state index in [0.717, 1.165) is 29.9 Å². The van der Waals surface area contributed by atoms with E-state index in [1.54, 1.807) is 7.11 Å². The molecule has 2 rings (SSSR count). The van der Waals surface area contributed by atoms with Gasteiger partial charge >= 0.3 is 5.97 Å². The highest BCUT2D eigenvalue weighted by molar-refractivity contribution is 5.67. The second-order valence-electron chi connectivity index (χ2n) is 5.34. The Morgan fingerprint density at radius 1 is 0.913 bits per heavy atom. The van der Waals surface area contributed by atoms with Gasteiger partial charge in [-0.3, -0.25) is 4.79 Å². The van der Waals surface area contributed by atoms with Crippen LogP contribution in [0, 0.1) is 0 Å². The summed E-state index contributed by atoms with van der Waals surface area (Å²) in [6.45, 7) is 0.653. The lowest BCUT2D eigenvalue weighted by Gasteiger charge is -2.07. The van der Waals surface area contributed by atoms with Crippen LogP contribution in [-0.4, -0.2) is 24.8 Å². The third-order valence-electron chi connectivity index (χ3n) is 3.59. The van der Waals surface area contributed by atoms with E-state index in [-0.39, 0.29) is 6.42 Å². The van der Waals surface area contributed by atoms with Gasteiger partial charge in [0, 0.05) is 6.42 Å². The number of hydrogen-bond donors (Lipinski definition) is 1. The summed E-state index contributed by atoms with van der Waals surface area (Å²) < 4.78 is 10.8. The largest absolute Gasteiger partial charge is 0.497 e. The molecule has 0 saturated carbocycles. The standard InChI is InChI=1S/C19H22O4/c1-22-17-9-4-15(5-10-17)3-2-14-23-18-11-6-16(7-12-18)8-13-19(20)21/h4-7,9-12H,2-3,8,13-14H2,1H3,(H,20,21). The molecule has 0 spiro atoms. The average Bonchev–Trinajstić information content (AvgIpc) is 2.58. The van der Waals surface area contributed by atoms with Crippen molar-refractivity contribution < 1.29 is 19.4 Å². The first-order chi connectivity index (χ1) is 11.2. The van der Waals surface area contributed by atoms with E-state index in [1.807, 2.05) is 36.4 Å². The van der Waals surface area contributed by atoms with Gasteiger partial charge in [0.15, 0.2) is 0 Å². The van der Waals surface area contributed by atoms with Crippen LogP contribution in [0.25, 0.3) is 0 Å². The fourth-order valence-corrected chi connectivity index (χ4v) is 2.26. The molecule has 0 fully saturated rings. The van der Waals surface area contributed by atoms with Gasteiger partial charge in [-0.1, -0.05) is 24.3 Å². The van der Waals surface area contributed by atoms with Crippen LogP contribution in [0.5, 0.6) is 11.5 Å². The lowest BCUT2D eigenvalue weighted by atomic mass is 10.1. The molecule has 2 aromatic rings. The highest BCUT2D eigenvalue weighted by Gasteiger charge is 2.00. The normalized spacial score (nSPS) is 10.3. The highest BCUT2D eigenvalue weighted by atomic mass is 16.5. The number of aliphatic carboxylic acids is 1. The molecule has 0 aliphatic rings. The molecule has 0 amide bonds. The maximum absolute atomic E-state index is 10.5. The molecule has 2 aromatic carbocycles. The van der Waals surface area contributed by atoms with Crippen molar-refractivity contribution in [3.8, 4) is 11.5 Å². The molecule has 0 aliphatic heterocycles. The number of benzene rings is 2. The number of hydrogen-bond acceptors (Lipinski definition) is 3. The molecule has 0 bridgehead atoms. The molecule has 1 N–H and O–H groups in total. The number of ether oxygens (including phenoxy) is 2. The molecule has 0 aliphatic carbocycles. The molecule has 4 heteroatoms. The topological polar surface area (TPSA) is 55.8 Å². The number of methoxy groups -OCH3 is 1. The van der Waals surface area contributed by atoms with Crippen LogP contribution in [-0.2, 0) is 17.6 Å². The zero-order valence-electron chi connectivity index (χ0n) is 13.3. The predicted molar refractivity (Wildman–Crippen MR) is 89.2 cm³/mol. The van der Waals surface area contributed by atoms with Crippen LogP contribution in [0.3, 0.4) is 0 Å². The average molecular weight is 314 g/mol. The molecular weight excluding hydrogens is 292 g/mol. The molecule has 0 saturated heterocycles. The minimum Gasteiger partial charge on any atom is -0.497 e. The van der Waals surface area contributed by atoms with Crippen molar-refractivity contribution in [2.24, 2.45) is 0 Å². The fourth-order valence-electron chi connectivity index (χ4n) is 2.26. The Morgan fingerprint density at radius 2 is 1.48 bits per heavy atom. The number of carboxylic acid groups (broad SMARTS) is 1. The predicted octanol–water partition coefficient (Wildman–Crippen LogP) is 3.72. The van der Waals surface area contributed by atoms with E-state index in [1.165, 1.54) is 5.56 Å². The number of aryl methyl sites for hydroxylation is 2. The van der Waals surface area contributed by atoms with Crippen LogP contribution in [0.1, 0.15) is 24.0 Å². The Kier molecular flexibility index (Phi) is 6.48. The Hall–Kier alpha value is -2.49. The fraction of sp³-hybridized carbons (Fsp3) is 0.316. The molecular formula is C19H22O4. The zero-order valence-corrected chi connectivity index (χ0v) is 13.3. The summed E-state index contributed by atoms with van der Waals surface area (Å²) in [6.07, 6.45) is 2.60. The van der Waals surface area contributed by atoms with E-state index in [4.69, 9.17) is 14.6 Å². The molecule has 0 radical (unpaired) electrons. The van der Waals surface area contributed by atoms with Gasteiger partial charge in [0.25, 0.3) is 0 Å². The minimum absolute atomic E-state index is 0.155. The van der Waals surface area contributed by atoms with E-state index in [0.29, 0.717) is 13.0 Å². The summed E-state index contributed by atoms with van der Waals surface area (Å²) in [7, 11) is 1.66. The van der Waals surface area contributed by atoms with E-state index in [2.05, 4.69) is 12.1 Å². The van der Waals surface area contributed by atoms with E-state index < -0.39 is 5.97 Å². The van der Waals surface area contributed by atoms with Gasteiger partial charge in [-0.05, 0) is 54.7 Å². The van der Waals surface area contributed by atoms with Crippen LogP contribution in [0.4, 0.5) is 0 Å². The van der Waals surface area contributed by atoms with Crippen LogP contribution < -0.4 is 9.47 Å². The van der Waals surface area contributed by atoms with Crippen molar-refractivity contribution >= 4 is 5.97 Å². The summed E-state index contributed by atoms with van der Waals surface area (Å²) in [5.41, 5.74) is 2.27. The number of carbonyl (C=O) groups is 1. The van der Waals surface area contributed by atoms with Gasteiger partial charge in [0.1, 0.15) is 11.5 Å². The van der Waals surface area contributed by atoms with Crippen molar-refractivity contribution in [3.05, 3.63) is 59.7 Å². The van der Waals surface area contributed by atoms with E-state index >= 15 is 0 Å². The first-order valence-electron chi connectivity index (χ1n) is 7.74. The second-order valence-corrected chi connectivity index (χ2v) is 5.34. The molecule has 23 heavy (non-hydrogen) atoms. The summed E-state index contributed by atoms with van der Waals surface area (Å²) in [5, 5.41) is 8.66. The first-order valence-corrected chi connectivity index (χ1v) is 7.74. The van der Waals surface area contributed by atoms with Crippen molar-refractivity contribution in [3.63, 3.8) is 0 Å². The number of carboxylic acids is 1. The zero-order chi connectivity index (χ0) is 16.5. The third kappa shape index (κ3) is 6.02. The van der Waals surface area contributed by atoms with E-state index in [9.17, 15) is 4.79 Å². The third-order valence-corrected chi connectivity index (χ3v) is 3.59. The minimum atomic E-state index is -0.774. The van der Waals surface area contributed by atoms with Gasteiger partial charge in [0.2, 0.25) is 0 Å². The van der Waals surface area contributed by atoms with Crippen molar-refractivity contribution in [2.75, 3.05) is 13.7 Å². The molecule has 0 aromatic heterocycles. The Balaban J connectivity index is 1.70. The molecule has 4 nitrogen and oxygen atoms in total. The molecule has 122 valence electrons. The van der Waals surface area contributed by atoms with Crippen molar-refractivity contribution in [1.82, 2.24) is 0 Å². The highest BCUT2D eigenvalue weighted by Crippen LogP contribution is 2.15. The van der Waals surface area contributed by atoms with Gasteiger partial charge in [-0.25, -0.2) is 0 Å². The van der Waals surface area contributed by atoms with Gasteiger partial charge in [0.05, 0.1) is 13.7 Å². The van der Waals surface area contributed by atoms with Crippen LogP contribution >= 0.6 is 0 Å². The number of rotatable bonds is 9. The second kappa shape index (κ2) is 8.83. The van der Waals surface area contributed by atoms with Gasteiger partial charge in [-0.2, -0.15) is 0 Å². The molecule has 0 heterocycles. The van der Waals surface area contributed by atoms with Crippen molar-refractivity contribution in [2.45, 2.75) is 25.7 Å². The quantitative estimate of drug-likeness (QED) is 0.717. The van der Waals surface area contributed by atoms with Gasteiger partial charge < -0.3 is 14.6 Å². The molecule has 0 unspecified atom stereocenters. The summed E-state index contributed by atoms with van der Waals surface area (Å²) in [6, 6.07) is 15.7. The van der Waals surface area contributed by atoms with Crippen LogP contribution in [0.2, 0.25) is 0 Å². The Bertz CT molecular complexity index is 602. The maximum atomic E-state index is 10.5. The van der Waals surface area contributed by atoms with Gasteiger partial charge in [-0.15, -0.1) is 0 Å². The first kappa shape index (κ1) is 16.9.